The van der Waals surface area contributed by atoms with E-state index in [1.165, 1.54) is 16.5 Å². The number of fused-ring (bicyclic) bond motifs is 2. The van der Waals surface area contributed by atoms with Crippen molar-refractivity contribution in [1.29, 1.82) is 0 Å². The Balaban J connectivity index is 1.49. The Bertz CT molecular complexity index is 1330. The Kier molecular flexibility index (Phi) is 6.28. The number of piperidine rings is 1. The van der Waals surface area contributed by atoms with E-state index in [9.17, 15) is 9.90 Å². The summed E-state index contributed by atoms with van der Waals surface area (Å²) in [6.45, 7) is 8.95. The minimum Gasteiger partial charge on any atom is -0.392 e. The van der Waals surface area contributed by atoms with Crippen molar-refractivity contribution >= 4 is 22.3 Å². The number of benzene rings is 1. The highest BCUT2D eigenvalue weighted by Crippen LogP contribution is 2.38. The van der Waals surface area contributed by atoms with Crippen molar-refractivity contribution in [2.45, 2.75) is 58.5 Å². The number of Topliss-reactive ketones (excluding diaryl/α,β-unsaturated/α-hetero) is 1. The van der Waals surface area contributed by atoms with E-state index in [0.29, 0.717) is 30.6 Å². The Morgan fingerprint density at radius 1 is 1.24 bits per heavy atom. The van der Waals surface area contributed by atoms with Crippen LogP contribution in [0.3, 0.4) is 0 Å². The van der Waals surface area contributed by atoms with Crippen LogP contribution in [0.4, 0.5) is 0 Å². The lowest BCUT2D eigenvalue weighted by atomic mass is 9.87. The van der Waals surface area contributed by atoms with Crippen molar-refractivity contribution in [3.8, 4) is 11.3 Å². The van der Waals surface area contributed by atoms with Crippen LogP contribution in [0.5, 0.6) is 0 Å². The fourth-order valence-corrected chi connectivity index (χ4v) is 5.46. The molecule has 0 aliphatic carbocycles. The number of carbonyl (C=O) groups excluding carboxylic acids is 1. The van der Waals surface area contributed by atoms with E-state index >= 15 is 0 Å². The van der Waals surface area contributed by atoms with Crippen molar-refractivity contribution in [1.82, 2.24) is 19.3 Å². The number of H-pyrrole nitrogens is 1. The van der Waals surface area contributed by atoms with Gasteiger partial charge in [0.05, 0.1) is 18.8 Å². The Morgan fingerprint density at radius 3 is 2.74 bits per heavy atom. The van der Waals surface area contributed by atoms with Crippen LogP contribution in [-0.4, -0.2) is 49.8 Å². The molecule has 0 bridgehead atoms. The van der Waals surface area contributed by atoms with Gasteiger partial charge in [-0.15, -0.1) is 0 Å². The minimum atomic E-state index is -0.0434. The standard InChI is InChI=1S/C28H34N4O2/c1-4-23(34)16-31-10-7-19(8-11-31)20-5-6-25-24(14-20)26(18(2)3)27(30-25)21-13-22(17-33)28-29-9-12-32(28)15-21/h5-6,9,12-15,18-19,30,33H,4,7-8,10-11,16-17H2,1-3H3. The number of hydrogen-bond donors (Lipinski definition) is 2. The van der Waals surface area contributed by atoms with Gasteiger partial charge in [-0.3, -0.25) is 9.69 Å². The fourth-order valence-electron chi connectivity index (χ4n) is 5.46. The molecule has 1 aliphatic rings. The number of carbonyl (C=O) groups is 1. The van der Waals surface area contributed by atoms with Crippen molar-refractivity contribution < 1.29 is 9.90 Å². The summed E-state index contributed by atoms with van der Waals surface area (Å²) < 4.78 is 1.99. The van der Waals surface area contributed by atoms with E-state index in [4.69, 9.17) is 0 Å². The van der Waals surface area contributed by atoms with Gasteiger partial charge in [-0.2, -0.15) is 0 Å². The van der Waals surface area contributed by atoms with Crippen LogP contribution in [0.15, 0.2) is 42.9 Å². The first kappa shape index (κ1) is 22.8. The predicted octanol–water partition coefficient (Wildman–Crippen LogP) is 5.26. The monoisotopic (exact) mass is 458 g/mol. The molecule has 1 saturated heterocycles. The first-order valence-corrected chi connectivity index (χ1v) is 12.4. The summed E-state index contributed by atoms with van der Waals surface area (Å²) >= 11 is 0. The van der Waals surface area contributed by atoms with Gasteiger partial charge in [0.25, 0.3) is 0 Å². The molecule has 3 aromatic heterocycles. The third-order valence-electron chi connectivity index (χ3n) is 7.32. The molecule has 1 aliphatic heterocycles. The van der Waals surface area contributed by atoms with Crippen LogP contribution in [0, 0.1) is 0 Å². The third kappa shape index (κ3) is 4.17. The number of aromatic nitrogens is 3. The predicted molar refractivity (Wildman–Crippen MR) is 136 cm³/mol. The molecule has 0 amide bonds. The molecule has 178 valence electrons. The molecule has 0 spiro atoms. The van der Waals surface area contributed by atoms with Gasteiger partial charge < -0.3 is 14.5 Å². The Morgan fingerprint density at radius 2 is 2.03 bits per heavy atom. The van der Waals surface area contributed by atoms with Crippen LogP contribution in [0.1, 0.15) is 68.6 Å². The van der Waals surface area contributed by atoms with Crippen molar-refractivity contribution in [3.63, 3.8) is 0 Å². The van der Waals surface area contributed by atoms with Crippen LogP contribution >= 0.6 is 0 Å². The van der Waals surface area contributed by atoms with Crippen molar-refractivity contribution in [2.75, 3.05) is 19.6 Å². The van der Waals surface area contributed by atoms with Gasteiger partial charge in [-0.05, 0) is 67.1 Å². The number of imidazole rings is 1. The number of aromatic amines is 1. The second-order valence-electron chi connectivity index (χ2n) is 9.89. The Labute approximate surface area is 200 Å². The number of ketones is 1. The molecule has 0 radical (unpaired) electrons. The fraction of sp³-hybridized carbons (Fsp3) is 0.429. The first-order valence-electron chi connectivity index (χ1n) is 12.4. The second-order valence-corrected chi connectivity index (χ2v) is 9.89. The molecule has 5 rings (SSSR count). The average molecular weight is 459 g/mol. The molecule has 2 N–H and O–H groups in total. The number of pyridine rings is 1. The lowest BCUT2D eigenvalue weighted by Gasteiger charge is -2.31. The molecule has 6 heteroatoms. The third-order valence-corrected chi connectivity index (χ3v) is 7.32. The normalized spacial score (nSPS) is 15.7. The summed E-state index contributed by atoms with van der Waals surface area (Å²) in [6.07, 6.45) is 8.59. The highest BCUT2D eigenvalue weighted by Gasteiger charge is 2.24. The highest BCUT2D eigenvalue weighted by atomic mass is 16.3. The van der Waals surface area contributed by atoms with Crippen LogP contribution in [0.25, 0.3) is 27.8 Å². The maximum Gasteiger partial charge on any atom is 0.146 e. The molecule has 0 unspecified atom stereocenters. The molecule has 4 aromatic rings. The lowest BCUT2D eigenvalue weighted by molar-refractivity contribution is -0.120. The molecule has 6 nitrogen and oxygen atoms in total. The van der Waals surface area contributed by atoms with Gasteiger partial charge in [0.1, 0.15) is 11.4 Å². The zero-order valence-corrected chi connectivity index (χ0v) is 20.3. The summed E-state index contributed by atoms with van der Waals surface area (Å²) in [5.74, 6) is 1.20. The van der Waals surface area contributed by atoms with E-state index in [0.717, 1.165) is 53.9 Å². The van der Waals surface area contributed by atoms with Gasteiger partial charge in [0, 0.05) is 47.0 Å². The number of aliphatic hydroxyl groups excluding tert-OH is 1. The van der Waals surface area contributed by atoms with E-state index < -0.39 is 0 Å². The zero-order chi connectivity index (χ0) is 23.8. The molecular formula is C28H34N4O2. The summed E-state index contributed by atoms with van der Waals surface area (Å²) in [4.78, 5) is 22.2. The Hall–Kier alpha value is -2.96. The summed E-state index contributed by atoms with van der Waals surface area (Å²) in [7, 11) is 0. The van der Waals surface area contributed by atoms with Crippen LogP contribution < -0.4 is 0 Å². The van der Waals surface area contributed by atoms with Crippen LogP contribution in [0.2, 0.25) is 0 Å². The summed E-state index contributed by atoms with van der Waals surface area (Å²) in [5, 5.41) is 11.2. The number of likely N-dealkylation sites (tertiary alicyclic amines) is 1. The summed E-state index contributed by atoms with van der Waals surface area (Å²) in [6, 6.07) is 8.91. The van der Waals surface area contributed by atoms with Gasteiger partial charge >= 0.3 is 0 Å². The molecule has 1 fully saturated rings. The number of nitrogens with one attached hydrogen (secondary N) is 1. The van der Waals surface area contributed by atoms with Gasteiger partial charge in [-0.25, -0.2) is 4.98 Å². The number of aliphatic hydroxyl groups is 1. The maximum absolute atomic E-state index is 11.8. The van der Waals surface area contributed by atoms with Crippen LogP contribution in [-0.2, 0) is 11.4 Å². The lowest BCUT2D eigenvalue weighted by Crippen LogP contribution is -2.36. The highest BCUT2D eigenvalue weighted by molar-refractivity contribution is 5.92. The molecule has 4 heterocycles. The topological polar surface area (TPSA) is 73.6 Å². The smallest absolute Gasteiger partial charge is 0.146 e. The van der Waals surface area contributed by atoms with Gasteiger partial charge in [0.15, 0.2) is 0 Å². The van der Waals surface area contributed by atoms with E-state index in [1.54, 1.807) is 6.20 Å². The molecular weight excluding hydrogens is 424 g/mol. The second kappa shape index (κ2) is 9.35. The van der Waals surface area contributed by atoms with E-state index in [2.05, 4.69) is 53.1 Å². The molecule has 0 saturated carbocycles. The number of nitrogens with zero attached hydrogens (tertiary/aromatic N) is 3. The SMILES string of the molecule is CCC(=O)CN1CCC(c2ccc3[nH]c(-c4cc(CO)c5nccn5c4)c(C(C)C)c3c2)CC1. The molecule has 0 atom stereocenters. The number of hydrogen-bond acceptors (Lipinski definition) is 4. The van der Waals surface area contributed by atoms with Crippen molar-refractivity contribution in [2.24, 2.45) is 0 Å². The molecule has 1 aromatic carbocycles. The van der Waals surface area contributed by atoms with Gasteiger partial charge in [-0.1, -0.05) is 26.8 Å². The first-order chi connectivity index (χ1) is 16.5. The van der Waals surface area contributed by atoms with E-state index in [1.807, 2.05) is 23.6 Å². The van der Waals surface area contributed by atoms with Crippen molar-refractivity contribution in [3.05, 3.63) is 59.5 Å². The van der Waals surface area contributed by atoms with Gasteiger partial charge in [0.2, 0.25) is 0 Å². The summed E-state index contributed by atoms with van der Waals surface area (Å²) in [5.41, 5.74) is 7.64. The molecule has 34 heavy (non-hydrogen) atoms. The minimum absolute atomic E-state index is 0.0434. The largest absolute Gasteiger partial charge is 0.392 e. The van der Waals surface area contributed by atoms with E-state index in [-0.39, 0.29) is 6.61 Å². The maximum atomic E-state index is 11.8. The quantitative estimate of drug-likeness (QED) is 0.396. The zero-order valence-electron chi connectivity index (χ0n) is 20.3. The average Bonchev–Trinajstić information content (AvgIpc) is 3.48. The number of rotatable bonds is 7.